The highest BCUT2D eigenvalue weighted by Gasteiger charge is 2.40. The number of ether oxygens (including phenoxy) is 1. The maximum Gasteiger partial charge on any atom is 0.0646 e. The highest BCUT2D eigenvalue weighted by atomic mass is 31.1. The third-order valence-corrected chi connectivity index (χ3v) is 7.05. The van der Waals surface area contributed by atoms with Gasteiger partial charge in [0.05, 0.1) is 6.10 Å². The second-order valence-corrected chi connectivity index (χ2v) is 11.0. The van der Waals surface area contributed by atoms with Crippen molar-refractivity contribution in [3.63, 3.8) is 0 Å². The molecule has 0 radical (unpaired) electrons. The van der Waals surface area contributed by atoms with Crippen LogP contribution in [-0.2, 0) is 4.74 Å². The molecule has 2 heteroatoms. The second kappa shape index (κ2) is 5.47. The fourth-order valence-electron chi connectivity index (χ4n) is 3.03. The molecule has 18 heavy (non-hydrogen) atoms. The highest BCUT2D eigenvalue weighted by molar-refractivity contribution is 7.65. The van der Waals surface area contributed by atoms with E-state index in [1.54, 1.807) is 5.31 Å². The predicted molar refractivity (Wildman–Crippen MR) is 83.6 cm³/mol. The molecule has 0 fully saturated rings. The van der Waals surface area contributed by atoms with Gasteiger partial charge in [-0.25, -0.2) is 0 Å². The van der Waals surface area contributed by atoms with Gasteiger partial charge in [-0.3, -0.25) is 0 Å². The third-order valence-electron chi connectivity index (χ3n) is 3.40. The van der Waals surface area contributed by atoms with Gasteiger partial charge in [-0.1, -0.05) is 67.7 Å². The molecule has 1 nitrogen and oxygen atoms in total. The van der Waals surface area contributed by atoms with E-state index in [0.29, 0.717) is 16.2 Å². The minimum Gasteiger partial charge on any atom is -0.381 e. The summed E-state index contributed by atoms with van der Waals surface area (Å²) in [4.78, 5) is 0. The summed E-state index contributed by atoms with van der Waals surface area (Å²) in [7, 11) is 1.61. The zero-order valence-corrected chi connectivity index (χ0v) is 14.1. The first-order valence-electron chi connectivity index (χ1n) is 6.80. The number of methoxy groups -OCH3 is 1. The Morgan fingerprint density at radius 1 is 1.11 bits per heavy atom. The quantitative estimate of drug-likeness (QED) is 0.642. The molecule has 0 saturated heterocycles. The molecule has 2 atom stereocenters. The van der Waals surface area contributed by atoms with Crippen molar-refractivity contribution in [3.8, 4) is 0 Å². The molecule has 1 aliphatic carbocycles. The first-order chi connectivity index (χ1) is 8.09. The summed E-state index contributed by atoms with van der Waals surface area (Å²) in [5, 5.41) is 2.26. The topological polar surface area (TPSA) is 9.23 Å². The van der Waals surface area contributed by atoms with E-state index >= 15 is 0 Å². The van der Waals surface area contributed by atoms with Crippen LogP contribution in [0.5, 0.6) is 0 Å². The van der Waals surface area contributed by atoms with Crippen molar-refractivity contribution in [2.45, 2.75) is 64.9 Å². The Hall–Kier alpha value is -0.130. The number of hydrogen-bond donors (Lipinski definition) is 0. The lowest BCUT2D eigenvalue weighted by Gasteiger charge is -2.44. The minimum absolute atomic E-state index is 0.203. The van der Waals surface area contributed by atoms with Gasteiger partial charge < -0.3 is 4.74 Å². The summed E-state index contributed by atoms with van der Waals surface area (Å²) < 4.78 is 5.56. The summed E-state index contributed by atoms with van der Waals surface area (Å²) >= 11 is 0. The molecule has 0 spiro atoms. The largest absolute Gasteiger partial charge is 0.381 e. The van der Waals surface area contributed by atoms with Gasteiger partial charge in [-0.15, -0.1) is 0 Å². The predicted octanol–water partition coefficient (Wildman–Crippen LogP) is 5.17. The Balaban J connectivity index is 3.09. The third kappa shape index (κ3) is 3.45. The normalized spacial score (nSPS) is 22.5. The van der Waals surface area contributed by atoms with Crippen LogP contribution in [0.1, 0.15) is 48.5 Å². The molecule has 1 aliphatic rings. The number of rotatable bonds is 3. The van der Waals surface area contributed by atoms with Crippen molar-refractivity contribution in [2.24, 2.45) is 5.92 Å². The van der Waals surface area contributed by atoms with Gasteiger partial charge in [0.25, 0.3) is 0 Å². The molecular weight excluding hydrogens is 239 g/mol. The second-order valence-electron chi connectivity index (χ2n) is 7.12. The van der Waals surface area contributed by atoms with Crippen LogP contribution in [-0.4, -0.2) is 23.5 Å². The fraction of sp³-hybridized carbons (Fsp3) is 0.750. The fourth-order valence-corrected chi connectivity index (χ4v) is 7.42. The van der Waals surface area contributed by atoms with Crippen LogP contribution >= 0.6 is 7.92 Å². The van der Waals surface area contributed by atoms with Crippen LogP contribution in [0, 0.1) is 5.92 Å². The maximum atomic E-state index is 5.56. The monoisotopic (exact) mass is 268 g/mol. The number of allylic oxidation sites excluding steroid dienone is 2. The molecule has 0 aromatic rings. The minimum atomic E-state index is -0.203. The molecular formula is C16H29OP. The molecule has 0 bridgehead atoms. The molecule has 0 amide bonds. The average molecular weight is 268 g/mol. The van der Waals surface area contributed by atoms with E-state index in [4.69, 9.17) is 4.74 Å². The van der Waals surface area contributed by atoms with Gasteiger partial charge >= 0.3 is 0 Å². The van der Waals surface area contributed by atoms with Crippen molar-refractivity contribution in [1.29, 1.82) is 0 Å². The van der Waals surface area contributed by atoms with Gasteiger partial charge in [0, 0.05) is 13.0 Å². The summed E-state index contributed by atoms with van der Waals surface area (Å²) in [6.07, 6.45) is 7.12. The van der Waals surface area contributed by atoms with Crippen molar-refractivity contribution in [2.75, 3.05) is 7.11 Å². The van der Waals surface area contributed by atoms with E-state index in [1.165, 1.54) is 0 Å². The van der Waals surface area contributed by atoms with Crippen molar-refractivity contribution in [1.82, 2.24) is 0 Å². The van der Waals surface area contributed by atoms with Crippen LogP contribution in [0.2, 0.25) is 0 Å². The summed E-state index contributed by atoms with van der Waals surface area (Å²) in [5.41, 5.74) is 0. The van der Waals surface area contributed by atoms with Crippen LogP contribution in [0.15, 0.2) is 23.5 Å². The Morgan fingerprint density at radius 2 is 1.61 bits per heavy atom. The van der Waals surface area contributed by atoms with Gasteiger partial charge in [0.1, 0.15) is 0 Å². The molecule has 0 aliphatic heterocycles. The Morgan fingerprint density at radius 3 is 2.00 bits per heavy atom. The van der Waals surface area contributed by atoms with E-state index < -0.39 is 0 Å². The van der Waals surface area contributed by atoms with Gasteiger partial charge in [-0.05, 0) is 22.6 Å². The van der Waals surface area contributed by atoms with Gasteiger partial charge in [0.2, 0.25) is 0 Å². The zero-order valence-electron chi connectivity index (χ0n) is 13.2. The Kier molecular flexibility index (Phi) is 4.84. The lowest BCUT2D eigenvalue weighted by Crippen LogP contribution is -2.29. The zero-order chi connectivity index (χ0) is 14.1. The number of hydrogen-bond acceptors (Lipinski definition) is 1. The Labute approximate surface area is 114 Å². The van der Waals surface area contributed by atoms with Crippen LogP contribution in [0.3, 0.4) is 0 Å². The van der Waals surface area contributed by atoms with Crippen LogP contribution in [0.25, 0.3) is 0 Å². The van der Waals surface area contributed by atoms with Crippen molar-refractivity contribution >= 4 is 7.92 Å². The molecule has 1 rings (SSSR count). The summed E-state index contributed by atoms with van der Waals surface area (Å²) in [6.45, 7) is 16.4. The SMILES string of the molecule is COC(C)C1C=CC=C1P(C(C)(C)C)C(C)(C)C. The van der Waals surface area contributed by atoms with Crippen molar-refractivity contribution < 1.29 is 4.74 Å². The molecule has 0 saturated carbocycles. The first-order valence-corrected chi connectivity index (χ1v) is 8.14. The Bertz CT molecular complexity index is 327. The molecule has 0 aromatic carbocycles. The smallest absolute Gasteiger partial charge is 0.0646 e. The standard InChI is InChI=1S/C16H29OP/c1-12(17-8)13-10-9-11-14(13)18(15(2,3)4)16(5,6)7/h9-13H,1-8H3. The van der Waals surface area contributed by atoms with Crippen LogP contribution in [0.4, 0.5) is 0 Å². The molecule has 0 aromatic heterocycles. The first kappa shape index (κ1) is 15.9. The average Bonchev–Trinajstić information content (AvgIpc) is 2.60. The highest BCUT2D eigenvalue weighted by Crippen LogP contribution is 2.67. The van der Waals surface area contributed by atoms with Crippen molar-refractivity contribution in [3.05, 3.63) is 23.5 Å². The lowest BCUT2D eigenvalue weighted by molar-refractivity contribution is 0.0976. The van der Waals surface area contributed by atoms with Gasteiger partial charge in [-0.2, -0.15) is 0 Å². The van der Waals surface area contributed by atoms with Crippen LogP contribution < -0.4 is 0 Å². The lowest BCUT2D eigenvalue weighted by atomic mass is 10.1. The molecule has 0 N–H and O–H groups in total. The summed E-state index contributed by atoms with van der Waals surface area (Å²) in [6, 6.07) is 0. The molecule has 2 unspecified atom stereocenters. The molecule has 104 valence electrons. The maximum absolute atomic E-state index is 5.56. The van der Waals surface area contributed by atoms with Gasteiger partial charge in [0.15, 0.2) is 0 Å². The van der Waals surface area contributed by atoms with E-state index in [9.17, 15) is 0 Å². The van der Waals surface area contributed by atoms with E-state index in [-0.39, 0.29) is 14.0 Å². The van der Waals surface area contributed by atoms with E-state index in [0.717, 1.165) is 0 Å². The van der Waals surface area contributed by atoms with E-state index in [1.807, 2.05) is 7.11 Å². The summed E-state index contributed by atoms with van der Waals surface area (Å²) in [5.74, 6) is 0.458. The van der Waals surface area contributed by atoms with E-state index in [2.05, 4.69) is 66.7 Å². The molecule has 0 heterocycles.